The van der Waals surface area contributed by atoms with Crippen molar-refractivity contribution < 1.29 is 10.0 Å². The zero-order valence-electron chi connectivity index (χ0n) is 11.6. The molecule has 0 spiro atoms. The molecule has 1 fully saturated rings. The van der Waals surface area contributed by atoms with Crippen LogP contribution in [0, 0.1) is 10.1 Å². The van der Waals surface area contributed by atoms with Crippen molar-refractivity contribution >= 4 is 17.3 Å². The molecule has 0 atom stereocenters. The highest BCUT2D eigenvalue weighted by Gasteiger charge is 2.38. The molecule has 0 aliphatic heterocycles. The third-order valence-corrected chi connectivity index (χ3v) is 3.62. The van der Waals surface area contributed by atoms with E-state index in [1.165, 1.54) is 6.07 Å². The number of aliphatic hydroxyl groups excluding tert-OH is 1. The SMILES string of the molecule is CCCNc1ccc([N+](=O)[O-])c(NC2(CO)CCC2)n1. The van der Waals surface area contributed by atoms with Crippen molar-refractivity contribution in [3.05, 3.63) is 22.2 Å². The molecule has 0 unspecified atom stereocenters. The van der Waals surface area contributed by atoms with Gasteiger partial charge in [0.1, 0.15) is 5.82 Å². The van der Waals surface area contributed by atoms with Gasteiger partial charge in [0, 0.05) is 12.6 Å². The summed E-state index contributed by atoms with van der Waals surface area (Å²) >= 11 is 0. The van der Waals surface area contributed by atoms with Crippen molar-refractivity contribution in [1.29, 1.82) is 0 Å². The van der Waals surface area contributed by atoms with Gasteiger partial charge in [-0.05, 0) is 31.7 Å². The number of hydrogen-bond donors (Lipinski definition) is 3. The van der Waals surface area contributed by atoms with Crippen LogP contribution in [0.1, 0.15) is 32.6 Å². The van der Waals surface area contributed by atoms with E-state index < -0.39 is 10.5 Å². The molecule has 0 radical (unpaired) electrons. The zero-order chi connectivity index (χ0) is 14.6. The summed E-state index contributed by atoms with van der Waals surface area (Å²) in [6.45, 7) is 2.75. The van der Waals surface area contributed by atoms with Crippen LogP contribution in [0.5, 0.6) is 0 Å². The van der Waals surface area contributed by atoms with Crippen LogP contribution in [0.25, 0.3) is 0 Å². The number of aromatic nitrogens is 1. The first-order valence-corrected chi connectivity index (χ1v) is 6.88. The standard InChI is InChI=1S/C13H20N4O3/c1-2-8-14-11-5-4-10(17(19)20)12(15-11)16-13(9-18)6-3-7-13/h4-5,18H,2-3,6-9H2,1H3,(H2,14,15,16). The van der Waals surface area contributed by atoms with Crippen molar-refractivity contribution in [1.82, 2.24) is 4.98 Å². The van der Waals surface area contributed by atoms with E-state index in [0.29, 0.717) is 5.82 Å². The van der Waals surface area contributed by atoms with Crippen molar-refractivity contribution in [3.63, 3.8) is 0 Å². The number of nitro groups is 1. The minimum Gasteiger partial charge on any atom is -0.394 e. The average Bonchev–Trinajstić information content (AvgIpc) is 2.40. The number of pyridine rings is 1. The molecule has 0 aromatic carbocycles. The molecular weight excluding hydrogens is 260 g/mol. The number of aliphatic hydroxyl groups is 1. The second-order valence-corrected chi connectivity index (χ2v) is 5.17. The van der Waals surface area contributed by atoms with E-state index in [1.54, 1.807) is 6.07 Å². The maximum absolute atomic E-state index is 11.1. The van der Waals surface area contributed by atoms with Crippen molar-refractivity contribution in [2.75, 3.05) is 23.8 Å². The van der Waals surface area contributed by atoms with Gasteiger partial charge in [-0.15, -0.1) is 0 Å². The van der Waals surface area contributed by atoms with Crippen LogP contribution in [0.4, 0.5) is 17.3 Å². The quantitative estimate of drug-likeness (QED) is 0.522. The average molecular weight is 280 g/mol. The molecule has 1 heterocycles. The van der Waals surface area contributed by atoms with Gasteiger partial charge in [0.15, 0.2) is 0 Å². The van der Waals surface area contributed by atoms with Crippen LogP contribution >= 0.6 is 0 Å². The highest BCUT2D eigenvalue weighted by molar-refractivity contribution is 5.61. The van der Waals surface area contributed by atoms with E-state index in [-0.39, 0.29) is 18.1 Å². The Morgan fingerprint density at radius 1 is 1.50 bits per heavy atom. The van der Waals surface area contributed by atoms with Crippen LogP contribution in [-0.2, 0) is 0 Å². The summed E-state index contributed by atoms with van der Waals surface area (Å²) in [4.78, 5) is 14.9. The highest BCUT2D eigenvalue weighted by atomic mass is 16.6. The molecule has 7 heteroatoms. The maximum atomic E-state index is 11.1. The summed E-state index contributed by atoms with van der Waals surface area (Å²) in [5.74, 6) is 0.831. The molecule has 7 nitrogen and oxygen atoms in total. The van der Waals surface area contributed by atoms with E-state index in [1.807, 2.05) is 6.92 Å². The lowest BCUT2D eigenvalue weighted by molar-refractivity contribution is -0.384. The molecule has 110 valence electrons. The van der Waals surface area contributed by atoms with E-state index in [4.69, 9.17) is 0 Å². The Balaban J connectivity index is 2.24. The fraction of sp³-hybridized carbons (Fsp3) is 0.615. The second-order valence-electron chi connectivity index (χ2n) is 5.17. The van der Waals surface area contributed by atoms with E-state index in [0.717, 1.165) is 32.2 Å². The summed E-state index contributed by atoms with van der Waals surface area (Å²) in [7, 11) is 0. The molecule has 1 aromatic rings. The van der Waals surface area contributed by atoms with Gasteiger partial charge in [-0.3, -0.25) is 10.1 Å². The normalized spacial score (nSPS) is 16.3. The van der Waals surface area contributed by atoms with Gasteiger partial charge in [0.25, 0.3) is 0 Å². The fourth-order valence-electron chi connectivity index (χ4n) is 2.22. The van der Waals surface area contributed by atoms with Gasteiger partial charge in [-0.25, -0.2) is 4.98 Å². The summed E-state index contributed by atoms with van der Waals surface area (Å²) in [6.07, 6.45) is 3.56. The Morgan fingerprint density at radius 2 is 2.25 bits per heavy atom. The van der Waals surface area contributed by atoms with E-state index >= 15 is 0 Å². The predicted octanol–water partition coefficient (Wildman–Crippen LogP) is 2.14. The molecular formula is C13H20N4O3. The third kappa shape index (κ3) is 2.98. The summed E-state index contributed by atoms with van der Waals surface area (Å²) in [5, 5.41) is 26.7. The zero-order valence-corrected chi connectivity index (χ0v) is 11.6. The Morgan fingerprint density at radius 3 is 2.75 bits per heavy atom. The number of nitrogens with zero attached hydrogens (tertiary/aromatic N) is 2. The highest BCUT2D eigenvalue weighted by Crippen LogP contribution is 2.37. The Kier molecular flexibility index (Phi) is 4.39. The smallest absolute Gasteiger partial charge is 0.311 e. The monoisotopic (exact) mass is 280 g/mol. The second kappa shape index (κ2) is 6.04. The van der Waals surface area contributed by atoms with Crippen LogP contribution < -0.4 is 10.6 Å². The fourth-order valence-corrected chi connectivity index (χ4v) is 2.22. The summed E-state index contributed by atoms with van der Waals surface area (Å²) in [6, 6.07) is 3.04. The summed E-state index contributed by atoms with van der Waals surface area (Å²) < 4.78 is 0. The van der Waals surface area contributed by atoms with Gasteiger partial charge in [0.2, 0.25) is 5.82 Å². The van der Waals surface area contributed by atoms with Crippen LogP contribution in [-0.4, -0.2) is 33.7 Å². The lowest BCUT2D eigenvalue weighted by atomic mass is 9.77. The molecule has 0 amide bonds. The van der Waals surface area contributed by atoms with Crippen molar-refractivity contribution in [2.24, 2.45) is 0 Å². The Hall–Kier alpha value is -1.89. The predicted molar refractivity (Wildman–Crippen MR) is 77.0 cm³/mol. The minimum absolute atomic E-state index is 0.0432. The lowest BCUT2D eigenvalue weighted by Crippen LogP contribution is -2.48. The number of nitrogens with one attached hydrogen (secondary N) is 2. The molecule has 20 heavy (non-hydrogen) atoms. The molecule has 1 aliphatic carbocycles. The van der Waals surface area contributed by atoms with Gasteiger partial charge in [-0.1, -0.05) is 6.92 Å². The molecule has 1 saturated carbocycles. The first kappa shape index (κ1) is 14.5. The van der Waals surface area contributed by atoms with Crippen molar-refractivity contribution in [2.45, 2.75) is 38.1 Å². The number of hydrogen-bond acceptors (Lipinski definition) is 6. The molecule has 2 rings (SSSR count). The largest absolute Gasteiger partial charge is 0.394 e. The number of rotatable bonds is 7. The maximum Gasteiger partial charge on any atom is 0.311 e. The van der Waals surface area contributed by atoms with Crippen LogP contribution in [0.15, 0.2) is 12.1 Å². The van der Waals surface area contributed by atoms with E-state index in [9.17, 15) is 15.2 Å². The molecule has 3 N–H and O–H groups in total. The van der Waals surface area contributed by atoms with Crippen LogP contribution in [0.2, 0.25) is 0 Å². The first-order chi connectivity index (χ1) is 9.60. The molecule has 0 saturated heterocycles. The lowest BCUT2D eigenvalue weighted by Gasteiger charge is -2.41. The van der Waals surface area contributed by atoms with Crippen LogP contribution in [0.3, 0.4) is 0 Å². The topological polar surface area (TPSA) is 100 Å². The van der Waals surface area contributed by atoms with Crippen molar-refractivity contribution in [3.8, 4) is 0 Å². The third-order valence-electron chi connectivity index (χ3n) is 3.62. The molecule has 1 aliphatic rings. The molecule has 1 aromatic heterocycles. The minimum atomic E-state index is -0.457. The van der Waals surface area contributed by atoms with Gasteiger partial charge >= 0.3 is 5.69 Å². The molecule has 0 bridgehead atoms. The Bertz CT molecular complexity index is 483. The van der Waals surface area contributed by atoms with E-state index in [2.05, 4.69) is 15.6 Å². The van der Waals surface area contributed by atoms with Gasteiger partial charge in [-0.2, -0.15) is 0 Å². The summed E-state index contributed by atoms with van der Waals surface area (Å²) in [5.41, 5.74) is -0.520. The van der Waals surface area contributed by atoms with Gasteiger partial charge < -0.3 is 15.7 Å². The number of anilines is 2. The van der Waals surface area contributed by atoms with Gasteiger partial charge in [0.05, 0.1) is 17.1 Å². The Labute approximate surface area is 117 Å². The first-order valence-electron chi connectivity index (χ1n) is 6.88.